The topological polar surface area (TPSA) is 99.3 Å². The normalized spacial score (nSPS) is 11.3. The van der Waals surface area contributed by atoms with Crippen LogP contribution < -0.4 is 5.73 Å². The highest BCUT2D eigenvalue weighted by atomic mass is 32.2. The number of nitrogens with two attached hydrogens (primary N) is 1. The fourth-order valence-corrected chi connectivity index (χ4v) is 3.38. The number of nitrogen functional groups attached to an aromatic ring is 1. The summed E-state index contributed by atoms with van der Waals surface area (Å²) in [7, 11) is -3.02. The van der Waals surface area contributed by atoms with Crippen LogP contribution in [0.4, 0.5) is 5.69 Å². The van der Waals surface area contributed by atoms with E-state index in [1.54, 1.807) is 6.92 Å². The number of sulfone groups is 1. The zero-order valence-electron chi connectivity index (χ0n) is 10.8. The molecule has 0 aliphatic rings. The summed E-state index contributed by atoms with van der Waals surface area (Å²) in [6.45, 7) is 1.97. The molecule has 0 amide bonds. The van der Waals surface area contributed by atoms with Gasteiger partial charge in [-0.1, -0.05) is 0 Å². The molecule has 1 aromatic heterocycles. The van der Waals surface area contributed by atoms with Gasteiger partial charge in [0.15, 0.2) is 0 Å². The number of carbonyl (C=O) groups is 1. The number of rotatable bonds is 6. The van der Waals surface area contributed by atoms with Crippen LogP contribution in [0, 0.1) is 0 Å². The maximum absolute atomic E-state index is 11.6. The monoisotopic (exact) mass is 304 g/mol. The zero-order chi connectivity index (χ0) is 14.5. The average molecular weight is 304 g/mol. The van der Waals surface area contributed by atoms with Crippen LogP contribution in [0.15, 0.2) is 17.3 Å². The van der Waals surface area contributed by atoms with Crippen molar-refractivity contribution in [2.75, 3.05) is 30.1 Å². The number of aromatic nitrogens is 1. The van der Waals surface area contributed by atoms with Gasteiger partial charge >= 0.3 is 5.97 Å². The molecule has 106 valence electrons. The highest BCUT2D eigenvalue weighted by Gasteiger charge is 2.15. The van der Waals surface area contributed by atoms with Gasteiger partial charge in [-0.05, 0) is 13.0 Å². The fourth-order valence-electron chi connectivity index (χ4n) is 1.25. The molecule has 0 spiro atoms. The number of pyridine rings is 1. The predicted molar refractivity (Wildman–Crippen MR) is 75.0 cm³/mol. The van der Waals surface area contributed by atoms with E-state index in [4.69, 9.17) is 10.5 Å². The van der Waals surface area contributed by atoms with Gasteiger partial charge in [-0.25, -0.2) is 18.2 Å². The Kier molecular flexibility index (Phi) is 5.61. The largest absolute Gasteiger partial charge is 0.462 e. The smallest absolute Gasteiger partial charge is 0.340 e. The van der Waals surface area contributed by atoms with Gasteiger partial charge < -0.3 is 10.5 Å². The molecule has 8 heteroatoms. The van der Waals surface area contributed by atoms with E-state index in [-0.39, 0.29) is 23.6 Å². The first-order valence-corrected chi connectivity index (χ1v) is 8.62. The Hall–Kier alpha value is -1.28. The zero-order valence-corrected chi connectivity index (χ0v) is 12.4. The maximum atomic E-state index is 11.6. The van der Waals surface area contributed by atoms with Crippen molar-refractivity contribution in [3.8, 4) is 0 Å². The summed E-state index contributed by atoms with van der Waals surface area (Å²) >= 11 is 1.20. The summed E-state index contributed by atoms with van der Waals surface area (Å²) in [5, 5.41) is 0.439. The molecule has 0 bridgehead atoms. The van der Waals surface area contributed by atoms with Gasteiger partial charge in [0.05, 0.1) is 23.6 Å². The number of hydrogen-bond donors (Lipinski definition) is 1. The van der Waals surface area contributed by atoms with E-state index < -0.39 is 15.8 Å². The Bertz CT molecular complexity index is 558. The highest BCUT2D eigenvalue weighted by Crippen LogP contribution is 2.26. The molecule has 0 aliphatic carbocycles. The number of ether oxygens (including phenoxy) is 1. The van der Waals surface area contributed by atoms with E-state index in [0.29, 0.717) is 10.8 Å². The van der Waals surface area contributed by atoms with Crippen molar-refractivity contribution in [2.24, 2.45) is 0 Å². The maximum Gasteiger partial charge on any atom is 0.340 e. The molecule has 0 aliphatic heterocycles. The summed E-state index contributed by atoms with van der Waals surface area (Å²) in [5.74, 6) is -0.141. The quantitative estimate of drug-likeness (QED) is 0.617. The van der Waals surface area contributed by atoms with Crippen LogP contribution in [0.3, 0.4) is 0 Å². The second kappa shape index (κ2) is 6.76. The van der Waals surface area contributed by atoms with E-state index in [9.17, 15) is 13.2 Å². The number of thioether (sulfide) groups is 1. The van der Waals surface area contributed by atoms with Crippen molar-refractivity contribution in [2.45, 2.75) is 11.9 Å². The molecular formula is C11H16N2O4S2. The molecule has 1 heterocycles. The summed E-state index contributed by atoms with van der Waals surface area (Å²) in [4.78, 5) is 15.7. The summed E-state index contributed by atoms with van der Waals surface area (Å²) < 4.78 is 26.9. The number of nitrogens with zero attached hydrogens (tertiary/aromatic N) is 1. The Balaban J connectivity index is 2.80. The first-order chi connectivity index (χ1) is 8.85. The van der Waals surface area contributed by atoms with E-state index in [0.717, 1.165) is 0 Å². The highest BCUT2D eigenvalue weighted by molar-refractivity contribution is 8.00. The third-order valence-corrected chi connectivity index (χ3v) is 4.35. The van der Waals surface area contributed by atoms with E-state index in [2.05, 4.69) is 4.98 Å². The third-order valence-electron chi connectivity index (χ3n) is 2.14. The lowest BCUT2D eigenvalue weighted by Gasteiger charge is -2.08. The molecule has 1 aromatic rings. The lowest BCUT2D eigenvalue weighted by atomic mass is 10.2. The molecule has 1 rings (SSSR count). The van der Waals surface area contributed by atoms with Crippen LogP contribution in [-0.2, 0) is 14.6 Å². The first-order valence-electron chi connectivity index (χ1n) is 5.57. The number of anilines is 1. The summed E-state index contributed by atoms with van der Waals surface area (Å²) in [6.07, 6.45) is 2.62. The molecular weight excluding hydrogens is 288 g/mol. The predicted octanol–water partition coefficient (Wildman–Crippen LogP) is 0.977. The van der Waals surface area contributed by atoms with Gasteiger partial charge in [0.1, 0.15) is 14.9 Å². The van der Waals surface area contributed by atoms with Gasteiger partial charge in [-0.15, -0.1) is 11.8 Å². The first kappa shape index (κ1) is 15.8. The van der Waals surface area contributed by atoms with Crippen LogP contribution in [0.2, 0.25) is 0 Å². The Morgan fingerprint density at radius 1 is 1.53 bits per heavy atom. The summed E-state index contributed by atoms with van der Waals surface area (Å²) in [6, 6.07) is 1.48. The Labute approximate surface area is 116 Å². The van der Waals surface area contributed by atoms with Crippen molar-refractivity contribution in [3.05, 3.63) is 17.8 Å². The molecule has 19 heavy (non-hydrogen) atoms. The van der Waals surface area contributed by atoms with Crippen molar-refractivity contribution < 1.29 is 17.9 Å². The SMILES string of the molecule is CCOC(=O)c1ccnc(SCCS(C)(=O)=O)c1N. The molecule has 2 N–H and O–H groups in total. The lowest BCUT2D eigenvalue weighted by molar-refractivity contribution is 0.0527. The molecule has 0 fully saturated rings. The molecule has 0 radical (unpaired) electrons. The lowest BCUT2D eigenvalue weighted by Crippen LogP contribution is -2.10. The van der Waals surface area contributed by atoms with Crippen molar-refractivity contribution >= 4 is 33.3 Å². The average Bonchev–Trinajstić information content (AvgIpc) is 2.30. The van der Waals surface area contributed by atoms with Crippen molar-refractivity contribution in [1.29, 1.82) is 0 Å². The minimum absolute atomic E-state index is 0.0302. The van der Waals surface area contributed by atoms with Crippen molar-refractivity contribution in [1.82, 2.24) is 4.98 Å². The second-order valence-electron chi connectivity index (χ2n) is 3.78. The minimum atomic E-state index is -3.02. The Morgan fingerprint density at radius 2 is 2.21 bits per heavy atom. The molecule has 0 saturated carbocycles. The van der Waals surface area contributed by atoms with Gasteiger partial charge in [0.2, 0.25) is 0 Å². The minimum Gasteiger partial charge on any atom is -0.462 e. The van der Waals surface area contributed by atoms with Crippen LogP contribution in [0.25, 0.3) is 0 Å². The molecule has 0 aromatic carbocycles. The van der Waals surface area contributed by atoms with Crippen LogP contribution >= 0.6 is 11.8 Å². The number of carbonyl (C=O) groups excluding carboxylic acids is 1. The van der Waals surface area contributed by atoms with Crippen molar-refractivity contribution in [3.63, 3.8) is 0 Å². The Morgan fingerprint density at radius 3 is 2.79 bits per heavy atom. The molecule has 0 atom stereocenters. The van der Waals surface area contributed by atoms with E-state index in [1.165, 1.54) is 30.3 Å². The van der Waals surface area contributed by atoms with Crippen LogP contribution in [-0.4, -0.2) is 43.7 Å². The molecule has 0 unspecified atom stereocenters. The number of hydrogen-bond acceptors (Lipinski definition) is 7. The summed E-state index contributed by atoms with van der Waals surface area (Å²) in [5.41, 5.74) is 6.30. The van der Waals surface area contributed by atoms with Gasteiger partial charge in [-0.3, -0.25) is 0 Å². The van der Waals surface area contributed by atoms with E-state index in [1.807, 2.05) is 0 Å². The van der Waals surface area contributed by atoms with Crippen LogP contribution in [0.1, 0.15) is 17.3 Å². The van der Waals surface area contributed by atoms with Gasteiger partial charge in [0, 0.05) is 18.2 Å². The van der Waals surface area contributed by atoms with Gasteiger partial charge in [-0.2, -0.15) is 0 Å². The van der Waals surface area contributed by atoms with E-state index >= 15 is 0 Å². The second-order valence-corrected chi connectivity index (χ2v) is 7.12. The van der Waals surface area contributed by atoms with Crippen LogP contribution in [0.5, 0.6) is 0 Å². The molecule has 0 saturated heterocycles. The number of esters is 1. The fraction of sp³-hybridized carbons (Fsp3) is 0.455. The molecule has 6 nitrogen and oxygen atoms in total. The standard InChI is InChI=1S/C11H16N2O4S2/c1-3-17-11(14)8-4-5-13-10(9(8)12)18-6-7-19(2,15)16/h4-5H,3,6-7,12H2,1-2H3. The van der Waals surface area contributed by atoms with Gasteiger partial charge in [0.25, 0.3) is 0 Å². The third kappa shape index (κ3) is 5.07.